The Morgan fingerprint density at radius 2 is 2.29 bits per heavy atom. The van der Waals surface area contributed by atoms with E-state index >= 15 is 0 Å². The largest absolute Gasteiger partial charge is 0.506 e. The van der Waals surface area contributed by atoms with Crippen LogP contribution in [0.5, 0.6) is 5.75 Å². The Morgan fingerprint density at radius 3 is 2.88 bits per heavy atom. The number of anilines is 1. The molecule has 4 N–H and O–H groups in total. The van der Waals surface area contributed by atoms with Crippen molar-refractivity contribution >= 4 is 11.6 Å². The second-order valence-electron chi connectivity index (χ2n) is 4.80. The van der Waals surface area contributed by atoms with Crippen molar-refractivity contribution in [2.75, 3.05) is 12.3 Å². The van der Waals surface area contributed by atoms with E-state index in [0.717, 1.165) is 5.92 Å². The minimum Gasteiger partial charge on any atom is -0.506 e. The van der Waals surface area contributed by atoms with E-state index < -0.39 is 0 Å². The molecule has 0 aliphatic heterocycles. The van der Waals surface area contributed by atoms with Gasteiger partial charge in [-0.1, -0.05) is 6.92 Å². The van der Waals surface area contributed by atoms with Gasteiger partial charge in [-0.05, 0) is 42.9 Å². The average molecular weight is 234 g/mol. The Labute approximate surface area is 101 Å². The SMILES string of the molecule is CC(CNC(=O)c1ccc(N)c(O)c1)C1CC1. The molecule has 4 nitrogen and oxygen atoms in total. The van der Waals surface area contributed by atoms with Crippen molar-refractivity contribution in [2.24, 2.45) is 11.8 Å². The van der Waals surface area contributed by atoms with Gasteiger partial charge in [0.1, 0.15) is 5.75 Å². The zero-order valence-electron chi connectivity index (χ0n) is 9.94. The summed E-state index contributed by atoms with van der Waals surface area (Å²) in [4.78, 5) is 11.8. The zero-order valence-corrected chi connectivity index (χ0v) is 9.94. The number of amides is 1. The topological polar surface area (TPSA) is 75.4 Å². The number of rotatable bonds is 4. The van der Waals surface area contributed by atoms with E-state index in [9.17, 15) is 9.90 Å². The number of hydrogen-bond acceptors (Lipinski definition) is 3. The fourth-order valence-electron chi connectivity index (χ4n) is 1.87. The van der Waals surface area contributed by atoms with Gasteiger partial charge >= 0.3 is 0 Å². The molecule has 1 aliphatic carbocycles. The van der Waals surface area contributed by atoms with Crippen LogP contribution in [-0.2, 0) is 0 Å². The summed E-state index contributed by atoms with van der Waals surface area (Å²) in [5.41, 5.74) is 6.21. The first-order valence-electron chi connectivity index (χ1n) is 5.94. The van der Waals surface area contributed by atoms with Crippen molar-refractivity contribution in [1.29, 1.82) is 0 Å². The second-order valence-corrected chi connectivity index (χ2v) is 4.80. The summed E-state index contributed by atoms with van der Waals surface area (Å²) in [6, 6.07) is 4.55. The summed E-state index contributed by atoms with van der Waals surface area (Å²) >= 11 is 0. The number of phenols is 1. The number of phenolic OH excluding ortho intramolecular Hbond substituents is 1. The lowest BCUT2D eigenvalue weighted by Gasteiger charge is -2.11. The minimum atomic E-state index is -0.159. The van der Waals surface area contributed by atoms with Crippen LogP contribution < -0.4 is 11.1 Å². The van der Waals surface area contributed by atoms with Gasteiger partial charge in [-0.2, -0.15) is 0 Å². The summed E-state index contributed by atoms with van der Waals surface area (Å²) in [7, 11) is 0. The highest BCUT2D eigenvalue weighted by atomic mass is 16.3. The van der Waals surface area contributed by atoms with Crippen LogP contribution in [0.25, 0.3) is 0 Å². The van der Waals surface area contributed by atoms with Crippen molar-refractivity contribution < 1.29 is 9.90 Å². The highest BCUT2D eigenvalue weighted by Gasteiger charge is 2.27. The number of nitrogens with two attached hydrogens (primary N) is 1. The summed E-state index contributed by atoms with van der Waals surface area (Å²) in [5, 5.41) is 12.3. The van der Waals surface area contributed by atoms with Gasteiger partial charge in [0, 0.05) is 12.1 Å². The van der Waals surface area contributed by atoms with Gasteiger partial charge in [-0.25, -0.2) is 0 Å². The summed E-state index contributed by atoms with van der Waals surface area (Å²) < 4.78 is 0. The Morgan fingerprint density at radius 1 is 1.59 bits per heavy atom. The van der Waals surface area contributed by atoms with E-state index in [1.54, 1.807) is 6.07 Å². The van der Waals surface area contributed by atoms with Gasteiger partial charge in [-0.15, -0.1) is 0 Å². The van der Waals surface area contributed by atoms with Crippen LogP contribution >= 0.6 is 0 Å². The third-order valence-corrected chi connectivity index (χ3v) is 3.30. The number of hydrogen-bond donors (Lipinski definition) is 3. The number of carbonyl (C=O) groups excluding carboxylic acids is 1. The first kappa shape index (κ1) is 11.8. The molecule has 92 valence electrons. The van der Waals surface area contributed by atoms with Crippen LogP contribution in [-0.4, -0.2) is 17.6 Å². The zero-order chi connectivity index (χ0) is 12.4. The molecule has 1 saturated carbocycles. The third-order valence-electron chi connectivity index (χ3n) is 3.30. The van der Waals surface area contributed by atoms with Crippen molar-refractivity contribution in [3.05, 3.63) is 23.8 Å². The summed E-state index contributed by atoms with van der Waals surface area (Å²) in [6.07, 6.45) is 2.55. The summed E-state index contributed by atoms with van der Waals surface area (Å²) in [6.45, 7) is 2.84. The molecule has 0 aromatic heterocycles. The molecule has 1 atom stereocenters. The van der Waals surface area contributed by atoms with Gasteiger partial charge < -0.3 is 16.2 Å². The monoisotopic (exact) mass is 234 g/mol. The number of benzene rings is 1. The molecular formula is C13H18N2O2. The lowest BCUT2D eigenvalue weighted by molar-refractivity contribution is 0.0946. The molecule has 17 heavy (non-hydrogen) atoms. The first-order chi connectivity index (χ1) is 8.08. The van der Waals surface area contributed by atoms with E-state index in [-0.39, 0.29) is 17.3 Å². The van der Waals surface area contributed by atoms with Gasteiger partial charge in [-0.3, -0.25) is 4.79 Å². The number of nitrogens with one attached hydrogen (secondary N) is 1. The highest BCUT2D eigenvalue weighted by Crippen LogP contribution is 2.36. The minimum absolute atomic E-state index is 0.0482. The smallest absolute Gasteiger partial charge is 0.251 e. The van der Waals surface area contributed by atoms with E-state index in [4.69, 9.17) is 5.73 Å². The number of aromatic hydroxyl groups is 1. The quantitative estimate of drug-likeness (QED) is 0.549. The molecule has 1 aliphatic rings. The average Bonchev–Trinajstić information content (AvgIpc) is 3.13. The van der Waals surface area contributed by atoms with Crippen LogP contribution in [0.3, 0.4) is 0 Å². The molecule has 2 rings (SSSR count). The van der Waals surface area contributed by atoms with Gasteiger partial charge in [0.05, 0.1) is 5.69 Å². The van der Waals surface area contributed by atoms with Crippen LogP contribution in [0, 0.1) is 11.8 Å². The molecule has 0 saturated heterocycles. The lowest BCUT2D eigenvalue weighted by Crippen LogP contribution is -2.28. The number of nitrogen functional groups attached to an aromatic ring is 1. The Bertz CT molecular complexity index is 427. The van der Waals surface area contributed by atoms with E-state index in [0.29, 0.717) is 18.0 Å². The van der Waals surface area contributed by atoms with Crippen LogP contribution in [0.2, 0.25) is 0 Å². The molecule has 4 heteroatoms. The molecule has 0 bridgehead atoms. The van der Waals surface area contributed by atoms with E-state index in [1.165, 1.54) is 25.0 Å². The maximum Gasteiger partial charge on any atom is 0.251 e. The highest BCUT2D eigenvalue weighted by molar-refractivity contribution is 5.95. The van der Waals surface area contributed by atoms with Crippen molar-refractivity contribution in [2.45, 2.75) is 19.8 Å². The standard InChI is InChI=1S/C13H18N2O2/c1-8(9-2-3-9)7-15-13(17)10-4-5-11(14)12(16)6-10/h4-6,8-9,16H,2-3,7,14H2,1H3,(H,15,17). The van der Waals surface area contributed by atoms with Crippen molar-refractivity contribution in [3.63, 3.8) is 0 Å². The first-order valence-corrected chi connectivity index (χ1v) is 5.94. The summed E-state index contributed by atoms with van der Waals surface area (Å²) in [5.74, 6) is 1.09. The Kier molecular flexibility index (Phi) is 3.22. The Hall–Kier alpha value is -1.71. The lowest BCUT2D eigenvalue weighted by atomic mass is 10.1. The van der Waals surface area contributed by atoms with Crippen LogP contribution in [0.4, 0.5) is 5.69 Å². The second kappa shape index (κ2) is 4.65. The predicted molar refractivity (Wildman–Crippen MR) is 66.7 cm³/mol. The maximum absolute atomic E-state index is 11.8. The number of carbonyl (C=O) groups is 1. The normalized spacial score (nSPS) is 16.5. The van der Waals surface area contributed by atoms with Crippen LogP contribution in [0.15, 0.2) is 18.2 Å². The molecule has 1 aromatic rings. The molecule has 1 aromatic carbocycles. The van der Waals surface area contributed by atoms with Crippen molar-refractivity contribution in [3.8, 4) is 5.75 Å². The van der Waals surface area contributed by atoms with Crippen molar-refractivity contribution in [1.82, 2.24) is 5.32 Å². The van der Waals surface area contributed by atoms with Crippen LogP contribution in [0.1, 0.15) is 30.1 Å². The van der Waals surface area contributed by atoms with Gasteiger partial charge in [0.15, 0.2) is 0 Å². The molecule has 0 heterocycles. The van der Waals surface area contributed by atoms with E-state index in [1.807, 2.05) is 0 Å². The molecular weight excluding hydrogens is 216 g/mol. The maximum atomic E-state index is 11.8. The molecule has 0 spiro atoms. The molecule has 1 amide bonds. The third kappa shape index (κ3) is 2.90. The molecule has 0 radical (unpaired) electrons. The fraction of sp³-hybridized carbons (Fsp3) is 0.462. The fourth-order valence-corrected chi connectivity index (χ4v) is 1.87. The van der Waals surface area contributed by atoms with Gasteiger partial charge in [0.25, 0.3) is 5.91 Å². The Balaban J connectivity index is 1.92. The van der Waals surface area contributed by atoms with Gasteiger partial charge in [0.2, 0.25) is 0 Å². The molecule has 1 unspecified atom stereocenters. The van der Waals surface area contributed by atoms with E-state index in [2.05, 4.69) is 12.2 Å². The molecule has 1 fully saturated rings. The predicted octanol–water partition coefficient (Wildman–Crippen LogP) is 1.75.